The number of aromatic nitrogens is 3. The van der Waals surface area contributed by atoms with Crippen LogP contribution in [0.1, 0.15) is 11.7 Å². The lowest BCUT2D eigenvalue weighted by Crippen LogP contribution is -2.17. The predicted molar refractivity (Wildman–Crippen MR) is 60.4 cm³/mol. The Morgan fingerprint density at radius 2 is 2.25 bits per heavy atom. The quantitative estimate of drug-likeness (QED) is 0.819. The Morgan fingerprint density at radius 3 is 2.81 bits per heavy atom. The summed E-state index contributed by atoms with van der Waals surface area (Å²) >= 11 is 5.76. The summed E-state index contributed by atoms with van der Waals surface area (Å²) in [6.45, 7) is 2.31. The molecule has 0 aliphatic carbocycles. The zero-order chi connectivity index (χ0) is 11.5. The molecule has 0 spiro atoms. The molecule has 0 atom stereocenters. The van der Waals surface area contributed by atoms with Crippen LogP contribution in [-0.2, 0) is 6.54 Å². The van der Waals surface area contributed by atoms with E-state index in [1.807, 2.05) is 18.0 Å². The third kappa shape index (κ3) is 2.49. The highest BCUT2D eigenvalue weighted by Crippen LogP contribution is 2.14. The first kappa shape index (κ1) is 10.9. The first-order chi connectivity index (χ1) is 7.65. The second-order valence-electron chi connectivity index (χ2n) is 3.43. The summed E-state index contributed by atoms with van der Waals surface area (Å²) in [5.41, 5.74) is 0. The van der Waals surface area contributed by atoms with Crippen LogP contribution in [0.15, 0.2) is 22.9 Å². The molecule has 0 aliphatic heterocycles. The maximum atomic E-state index is 5.76. The van der Waals surface area contributed by atoms with Crippen molar-refractivity contribution in [3.8, 4) is 0 Å². The first-order valence-electron chi connectivity index (χ1n) is 4.77. The molecule has 0 saturated heterocycles. The van der Waals surface area contributed by atoms with Gasteiger partial charge in [-0.2, -0.15) is 4.98 Å². The minimum Gasteiger partial charge on any atom is -0.350 e. The number of hydrogen-bond donors (Lipinski definition) is 0. The van der Waals surface area contributed by atoms with Crippen molar-refractivity contribution in [2.24, 2.45) is 0 Å². The molecule has 0 aromatic carbocycles. The lowest BCUT2D eigenvalue weighted by Gasteiger charge is -2.15. The molecule has 0 saturated carbocycles. The van der Waals surface area contributed by atoms with E-state index in [0.717, 1.165) is 5.82 Å². The van der Waals surface area contributed by atoms with Gasteiger partial charge >= 0.3 is 0 Å². The molecule has 84 valence electrons. The van der Waals surface area contributed by atoms with Crippen LogP contribution >= 0.6 is 11.6 Å². The number of rotatable bonds is 3. The summed E-state index contributed by atoms with van der Waals surface area (Å²) in [5, 5.41) is 4.34. The molecule has 0 radical (unpaired) electrons. The van der Waals surface area contributed by atoms with Gasteiger partial charge in [0.2, 0.25) is 5.89 Å². The van der Waals surface area contributed by atoms with E-state index >= 15 is 0 Å². The molecule has 0 unspecified atom stereocenters. The average Bonchev–Trinajstić information content (AvgIpc) is 2.65. The zero-order valence-corrected chi connectivity index (χ0v) is 9.77. The van der Waals surface area contributed by atoms with E-state index in [1.165, 1.54) is 0 Å². The monoisotopic (exact) mass is 238 g/mol. The molecule has 2 rings (SSSR count). The number of hydrogen-bond acceptors (Lipinski definition) is 5. The first-order valence-corrected chi connectivity index (χ1v) is 5.15. The van der Waals surface area contributed by atoms with Gasteiger partial charge in [-0.25, -0.2) is 4.98 Å². The Morgan fingerprint density at radius 1 is 1.44 bits per heavy atom. The topological polar surface area (TPSA) is 55.1 Å². The van der Waals surface area contributed by atoms with Gasteiger partial charge in [0.1, 0.15) is 5.82 Å². The third-order valence-electron chi connectivity index (χ3n) is 2.04. The molecule has 0 bridgehead atoms. The van der Waals surface area contributed by atoms with E-state index in [4.69, 9.17) is 16.1 Å². The highest BCUT2D eigenvalue weighted by molar-refractivity contribution is 6.30. The van der Waals surface area contributed by atoms with Crippen LogP contribution in [0.5, 0.6) is 0 Å². The normalized spacial score (nSPS) is 10.4. The largest absolute Gasteiger partial charge is 0.350 e. The van der Waals surface area contributed by atoms with Crippen molar-refractivity contribution < 1.29 is 4.52 Å². The smallest absolute Gasteiger partial charge is 0.246 e. The van der Waals surface area contributed by atoms with Crippen molar-refractivity contribution in [2.45, 2.75) is 13.5 Å². The Balaban J connectivity index is 2.08. The van der Waals surface area contributed by atoms with Crippen molar-refractivity contribution in [3.63, 3.8) is 0 Å². The van der Waals surface area contributed by atoms with Crippen LogP contribution in [0.3, 0.4) is 0 Å². The van der Waals surface area contributed by atoms with Crippen molar-refractivity contribution in [1.29, 1.82) is 0 Å². The van der Waals surface area contributed by atoms with Gasteiger partial charge in [-0.05, 0) is 19.1 Å². The van der Waals surface area contributed by atoms with E-state index in [1.54, 1.807) is 19.2 Å². The van der Waals surface area contributed by atoms with E-state index in [0.29, 0.717) is 23.3 Å². The Labute approximate surface area is 98.1 Å². The molecule has 0 aliphatic rings. The molecule has 0 N–H and O–H groups in total. The minimum absolute atomic E-state index is 0.523. The molecule has 0 amide bonds. The van der Waals surface area contributed by atoms with Gasteiger partial charge in [0, 0.05) is 13.2 Å². The summed E-state index contributed by atoms with van der Waals surface area (Å²) in [6, 6.07) is 3.63. The van der Waals surface area contributed by atoms with E-state index in [-0.39, 0.29) is 0 Å². The minimum atomic E-state index is 0.523. The summed E-state index contributed by atoms with van der Waals surface area (Å²) in [4.78, 5) is 10.2. The van der Waals surface area contributed by atoms with Gasteiger partial charge in [0.25, 0.3) is 0 Å². The van der Waals surface area contributed by atoms with Gasteiger partial charge in [0.05, 0.1) is 11.6 Å². The van der Waals surface area contributed by atoms with Crippen LogP contribution < -0.4 is 4.90 Å². The summed E-state index contributed by atoms with van der Waals surface area (Å²) in [5.74, 6) is 2.00. The van der Waals surface area contributed by atoms with Crippen LogP contribution in [0.2, 0.25) is 5.02 Å². The van der Waals surface area contributed by atoms with Gasteiger partial charge in [-0.1, -0.05) is 16.8 Å². The van der Waals surface area contributed by atoms with Crippen LogP contribution in [0.25, 0.3) is 0 Å². The Hall–Kier alpha value is -1.62. The Kier molecular flexibility index (Phi) is 3.05. The number of aryl methyl sites for hydroxylation is 1. The van der Waals surface area contributed by atoms with Crippen LogP contribution in [0, 0.1) is 6.92 Å². The standard InChI is InChI=1S/C10H11ClN4O/c1-7-13-10(16-14-7)6-15(2)9-4-3-8(11)5-12-9/h3-5H,6H2,1-2H3. The average molecular weight is 239 g/mol. The third-order valence-corrected chi connectivity index (χ3v) is 2.27. The van der Waals surface area contributed by atoms with Crippen molar-refractivity contribution >= 4 is 17.4 Å². The van der Waals surface area contributed by atoms with E-state index in [2.05, 4.69) is 15.1 Å². The highest BCUT2D eigenvalue weighted by atomic mass is 35.5. The van der Waals surface area contributed by atoms with Crippen molar-refractivity contribution in [1.82, 2.24) is 15.1 Å². The molecule has 2 heterocycles. The second-order valence-corrected chi connectivity index (χ2v) is 3.86. The van der Waals surface area contributed by atoms with Crippen LogP contribution in [0.4, 0.5) is 5.82 Å². The van der Waals surface area contributed by atoms with E-state index in [9.17, 15) is 0 Å². The summed E-state index contributed by atoms with van der Waals surface area (Å²) in [6.07, 6.45) is 1.60. The molecule has 0 fully saturated rings. The Bertz CT molecular complexity index is 468. The molecule has 2 aromatic rings. The van der Waals surface area contributed by atoms with Gasteiger partial charge in [0.15, 0.2) is 5.82 Å². The SMILES string of the molecule is Cc1noc(CN(C)c2ccc(Cl)cn2)n1. The molecular weight excluding hydrogens is 228 g/mol. The molecule has 6 heteroatoms. The van der Waals surface area contributed by atoms with Crippen LogP contribution in [-0.4, -0.2) is 22.2 Å². The zero-order valence-electron chi connectivity index (χ0n) is 9.01. The lowest BCUT2D eigenvalue weighted by atomic mass is 10.4. The number of anilines is 1. The maximum absolute atomic E-state index is 5.76. The van der Waals surface area contributed by atoms with Crippen molar-refractivity contribution in [2.75, 3.05) is 11.9 Å². The molecule has 16 heavy (non-hydrogen) atoms. The lowest BCUT2D eigenvalue weighted by molar-refractivity contribution is 0.374. The van der Waals surface area contributed by atoms with Gasteiger partial charge in [-0.3, -0.25) is 0 Å². The fourth-order valence-electron chi connectivity index (χ4n) is 1.28. The fourth-order valence-corrected chi connectivity index (χ4v) is 1.39. The summed E-state index contributed by atoms with van der Waals surface area (Å²) in [7, 11) is 1.90. The number of nitrogens with zero attached hydrogens (tertiary/aromatic N) is 4. The number of pyridine rings is 1. The van der Waals surface area contributed by atoms with Gasteiger partial charge < -0.3 is 9.42 Å². The van der Waals surface area contributed by atoms with Crippen molar-refractivity contribution in [3.05, 3.63) is 35.1 Å². The fraction of sp³-hybridized carbons (Fsp3) is 0.300. The molecule has 2 aromatic heterocycles. The molecular formula is C10H11ClN4O. The van der Waals surface area contributed by atoms with Gasteiger partial charge in [-0.15, -0.1) is 0 Å². The van der Waals surface area contributed by atoms with E-state index < -0.39 is 0 Å². The number of halogens is 1. The second kappa shape index (κ2) is 4.49. The highest BCUT2D eigenvalue weighted by Gasteiger charge is 2.08. The predicted octanol–water partition coefficient (Wildman–Crippen LogP) is 2.06. The summed E-state index contributed by atoms with van der Waals surface area (Å²) < 4.78 is 5.02. The molecule has 5 nitrogen and oxygen atoms in total. The maximum Gasteiger partial charge on any atom is 0.246 e.